The van der Waals surface area contributed by atoms with Crippen LogP contribution < -0.4 is 4.74 Å². The fourth-order valence-corrected chi connectivity index (χ4v) is 2.12. The first kappa shape index (κ1) is 17.0. The Bertz CT molecular complexity index is 632. The molecule has 10 heteroatoms. The largest absolute Gasteiger partial charge is 0.461 e. The molecule has 6 nitrogen and oxygen atoms in total. The van der Waals surface area contributed by atoms with E-state index in [9.17, 15) is 32.5 Å². The minimum absolute atomic E-state index is 0.101. The Morgan fingerprint density at radius 2 is 2.04 bits per heavy atom. The third-order valence-electron chi connectivity index (χ3n) is 3.25. The Hall–Kier alpha value is -2.39. The Kier molecular flexibility index (Phi) is 4.44. The molecule has 1 saturated heterocycles. The standard InChI is InChI=1S/C13H12F4N2O4/c1-7-5-18(6-7)11(20)8-2-3-10(9(4-8)19(21)22)23-13(16,17)12(14)15/h2-4,7,12H,5-6H2,1H3. The lowest BCUT2D eigenvalue weighted by Gasteiger charge is -2.37. The number of hydrogen-bond donors (Lipinski definition) is 0. The van der Waals surface area contributed by atoms with E-state index in [0.29, 0.717) is 25.1 Å². The van der Waals surface area contributed by atoms with Crippen molar-refractivity contribution in [3.63, 3.8) is 0 Å². The van der Waals surface area contributed by atoms with Crippen LogP contribution in [0.25, 0.3) is 0 Å². The quantitative estimate of drug-likeness (QED) is 0.471. The maximum Gasteiger partial charge on any atom is 0.461 e. The highest BCUT2D eigenvalue weighted by Crippen LogP contribution is 2.35. The summed E-state index contributed by atoms with van der Waals surface area (Å²) in [6.45, 7) is 2.87. The fraction of sp³-hybridized carbons (Fsp3) is 0.462. The van der Waals surface area contributed by atoms with Crippen LogP contribution in [0.2, 0.25) is 0 Å². The molecule has 0 spiro atoms. The second-order valence-electron chi connectivity index (χ2n) is 5.22. The Morgan fingerprint density at radius 3 is 2.52 bits per heavy atom. The average molecular weight is 336 g/mol. The van der Waals surface area contributed by atoms with E-state index in [2.05, 4.69) is 4.74 Å². The van der Waals surface area contributed by atoms with E-state index in [-0.39, 0.29) is 5.56 Å². The molecule has 0 aromatic heterocycles. The molecule has 0 unspecified atom stereocenters. The molecule has 1 fully saturated rings. The van der Waals surface area contributed by atoms with Crippen LogP contribution in [0.4, 0.5) is 23.2 Å². The van der Waals surface area contributed by atoms with E-state index in [1.165, 1.54) is 4.90 Å². The van der Waals surface area contributed by atoms with Gasteiger partial charge in [-0.2, -0.15) is 17.6 Å². The highest BCUT2D eigenvalue weighted by atomic mass is 19.3. The van der Waals surface area contributed by atoms with Crippen LogP contribution in [0.15, 0.2) is 18.2 Å². The number of alkyl halides is 4. The molecule has 0 atom stereocenters. The molecule has 0 bridgehead atoms. The highest BCUT2D eigenvalue weighted by molar-refractivity contribution is 5.95. The highest BCUT2D eigenvalue weighted by Gasteiger charge is 2.45. The number of likely N-dealkylation sites (tertiary alicyclic amines) is 1. The summed E-state index contributed by atoms with van der Waals surface area (Å²) in [5.41, 5.74) is -1.08. The first-order chi connectivity index (χ1) is 10.6. The Morgan fingerprint density at radius 1 is 1.43 bits per heavy atom. The molecule has 1 aromatic carbocycles. The van der Waals surface area contributed by atoms with Crippen molar-refractivity contribution >= 4 is 11.6 Å². The van der Waals surface area contributed by atoms with Gasteiger partial charge in [-0.05, 0) is 18.1 Å². The van der Waals surface area contributed by atoms with Crippen LogP contribution in [0.1, 0.15) is 17.3 Å². The number of hydrogen-bond acceptors (Lipinski definition) is 4. The maximum absolute atomic E-state index is 12.9. The number of ether oxygens (including phenoxy) is 1. The van der Waals surface area contributed by atoms with E-state index in [4.69, 9.17) is 0 Å². The van der Waals surface area contributed by atoms with Gasteiger partial charge in [-0.25, -0.2) is 0 Å². The number of nitro groups is 1. The van der Waals surface area contributed by atoms with Gasteiger partial charge in [0.05, 0.1) is 4.92 Å². The molecule has 0 saturated carbocycles. The molecule has 1 amide bonds. The second kappa shape index (κ2) is 6.01. The molecular weight excluding hydrogens is 324 g/mol. The van der Waals surface area contributed by atoms with Crippen LogP contribution in [0.5, 0.6) is 5.75 Å². The van der Waals surface area contributed by atoms with Crippen molar-refractivity contribution in [3.05, 3.63) is 33.9 Å². The zero-order valence-corrected chi connectivity index (χ0v) is 11.8. The summed E-state index contributed by atoms with van der Waals surface area (Å²) in [6, 6.07) is 2.47. The summed E-state index contributed by atoms with van der Waals surface area (Å²) in [5, 5.41) is 10.9. The van der Waals surface area contributed by atoms with Crippen molar-refractivity contribution in [1.29, 1.82) is 0 Å². The Balaban J connectivity index is 2.28. The summed E-state index contributed by atoms with van der Waals surface area (Å²) in [5.74, 6) is -1.23. The van der Waals surface area contributed by atoms with Gasteiger partial charge in [-0.1, -0.05) is 6.92 Å². The average Bonchev–Trinajstić information content (AvgIpc) is 2.42. The van der Waals surface area contributed by atoms with Gasteiger partial charge < -0.3 is 9.64 Å². The number of amides is 1. The molecular formula is C13H12F4N2O4. The van der Waals surface area contributed by atoms with Gasteiger partial charge in [0.15, 0.2) is 0 Å². The van der Waals surface area contributed by atoms with Crippen LogP contribution >= 0.6 is 0 Å². The minimum atomic E-state index is -4.87. The van der Waals surface area contributed by atoms with Gasteiger partial charge in [0, 0.05) is 24.7 Å². The smallest absolute Gasteiger partial charge is 0.421 e. The van der Waals surface area contributed by atoms with Gasteiger partial charge in [-0.15, -0.1) is 0 Å². The first-order valence-corrected chi connectivity index (χ1v) is 6.54. The van der Waals surface area contributed by atoms with Crippen molar-refractivity contribution in [2.24, 2.45) is 5.92 Å². The monoisotopic (exact) mass is 336 g/mol. The van der Waals surface area contributed by atoms with Crippen molar-refractivity contribution in [1.82, 2.24) is 4.90 Å². The zero-order valence-electron chi connectivity index (χ0n) is 11.8. The van der Waals surface area contributed by atoms with Gasteiger partial charge in [0.1, 0.15) is 0 Å². The van der Waals surface area contributed by atoms with E-state index in [0.717, 1.165) is 12.1 Å². The molecule has 0 N–H and O–H groups in total. The first-order valence-electron chi connectivity index (χ1n) is 6.54. The Labute approximate surface area is 127 Å². The number of nitro benzene ring substituents is 1. The number of halogens is 4. The molecule has 1 aliphatic rings. The van der Waals surface area contributed by atoms with E-state index in [1.54, 1.807) is 0 Å². The summed E-state index contributed by atoms with van der Waals surface area (Å²) in [4.78, 5) is 23.3. The van der Waals surface area contributed by atoms with Crippen molar-refractivity contribution in [3.8, 4) is 5.75 Å². The number of rotatable bonds is 5. The molecule has 1 aromatic rings. The summed E-state index contributed by atoms with van der Waals surface area (Å²) in [7, 11) is 0. The number of carbonyl (C=O) groups is 1. The molecule has 23 heavy (non-hydrogen) atoms. The van der Waals surface area contributed by atoms with E-state index in [1.807, 2.05) is 6.92 Å². The fourth-order valence-electron chi connectivity index (χ4n) is 2.12. The molecule has 126 valence electrons. The second-order valence-corrected chi connectivity index (χ2v) is 5.22. The summed E-state index contributed by atoms with van der Waals surface area (Å²) in [6.07, 6.45) is -9.02. The van der Waals surface area contributed by atoms with E-state index < -0.39 is 34.8 Å². The maximum atomic E-state index is 12.9. The lowest BCUT2D eigenvalue weighted by molar-refractivity contribution is -0.387. The zero-order chi connectivity index (χ0) is 17.4. The summed E-state index contributed by atoms with van der Waals surface area (Å²) >= 11 is 0. The number of benzene rings is 1. The number of carbonyl (C=O) groups excluding carboxylic acids is 1. The van der Waals surface area contributed by atoms with E-state index >= 15 is 0 Å². The van der Waals surface area contributed by atoms with Crippen LogP contribution in [-0.4, -0.2) is 41.4 Å². The van der Waals surface area contributed by atoms with Crippen LogP contribution in [0, 0.1) is 16.0 Å². The molecule has 0 radical (unpaired) electrons. The molecule has 1 aliphatic heterocycles. The third kappa shape index (κ3) is 3.51. The van der Waals surface area contributed by atoms with Gasteiger partial charge in [0.2, 0.25) is 5.75 Å². The molecule has 2 rings (SSSR count). The minimum Gasteiger partial charge on any atom is -0.421 e. The molecule has 1 heterocycles. The topological polar surface area (TPSA) is 72.7 Å². The van der Waals surface area contributed by atoms with Crippen molar-refractivity contribution in [2.45, 2.75) is 19.5 Å². The normalized spacial score (nSPS) is 15.5. The molecule has 0 aliphatic carbocycles. The van der Waals surface area contributed by atoms with Crippen molar-refractivity contribution < 1.29 is 32.0 Å². The van der Waals surface area contributed by atoms with Crippen LogP contribution in [-0.2, 0) is 0 Å². The third-order valence-corrected chi connectivity index (χ3v) is 3.25. The lowest BCUT2D eigenvalue weighted by Crippen LogP contribution is -2.48. The van der Waals surface area contributed by atoms with Gasteiger partial charge >= 0.3 is 18.2 Å². The predicted molar refractivity (Wildman–Crippen MR) is 69.7 cm³/mol. The van der Waals surface area contributed by atoms with Gasteiger partial charge in [-0.3, -0.25) is 14.9 Å². The number of nitrogens with zero attached hydrogens (tertiary/aromatic N) is 2. The lowest BCUT2D eigenvalue weighted by atomic mass is 10.0. The predicted octanol–water partition coefficient (Wildman–Crippen LogP) is 2.92. The van der Waals surface area contributed by atoms with Crippen molar-refractivity contribution in [2.75, 3.05) is 13.1 Å². The SMILES string of the molecule is CC1CN(C(=O)c2ccc(OC(F)(F)C(F)F)c([N+](=O)[O-])c2)C1. The summed E-state index contributed by atoms with van der Waals surface area (Å²) < 4.78 is 53.8. The van der Waals surface area contributed by atoms with Crippen LogP contribution in [0.3, 0.4) is 0 Å². The van der Waals surface area contributed by atoms with Gasteiger partial charge in [0.25, 0.3) is 5.91 Å².